The molecule has 0 aliphatic rings. The molecule has 2 rings (SSSR count). The number of aryl methyl sites for hydroxylation is 1. The van der Waals surface area contributed by atoms with E-state index in [4.69, 9.17) is 4.52 Å². The van der Waals surface area contributed by atoms with Crippen molar-refractivity contribution in [1.82, 2.24) is 20.8 Å². The van der Waals surface area contributed by atoms with Crippen LogP contribution in [0.4, 0.5) is 0 Å². The molecular weight excluding hydrogens is 274 g/mol. The molecule has 0 unspecified atom stereocenters. The number of hydrogen-bond acceptors (Lipinski definition) is 5. The van der Waals surface area contributed by atoms with Gasteiger partial charge in [-0.1, -0.05) is 12.1 Å². The summed E-state index contributed by atoms with van der Waals surface area (Å²) in [5.41, 5.74) is 0.810. The minimum Gasteiger partial charge on any atom is -0.364 e. The van der Waals surface area contributed by atoms with E-state index in [9.17, 15) is 0 Å². The molecule has 0 amide bonds. The Morgan fingerprint density at radius 2 is 2.30 bits per heavy atom. The molecule has 0 fully saturated rings. The molecule has 0 aliphatic heterocycles. The summed E-state index contributed by atoms with van der Waals surface area (Å²) in [6.07, 6.45) is 4.51. The molecule has 0 spiro atoms. The highest BCUT2D eigenvalue weighted by atomic mass is 32.1. The Bertz CT molecular complexity index is 535. The maximum atomic E-state index is 4.78. The lowest BCUT2D eigenvalue weighted by Crippen LogP contribution is -2.36. The third-order valence-electron chi connectivity index (χ3n) is 2.59. The molecule has 0 atom stereocenters. The van der Waals surface area contributed by atoms with Crippen LogP contribution in [0.25, 0.3) is 0 Å². The standard InChI is InChI=1S/C13H19N5OS/c1-3-11-8-15-12(20-11)9-17-13(14-4-2)16-7-10-5-6-19-18-10/h5-6,8H,3-4,7,9H2,1-2H3,(H2,14,16,17). The van der Waals surface area contributed by atoms with E-state index in [2.05, 4.69) is 32.7 Å². The van der Waals surface area contributed by atoms with Gasteiger partial charge in [0.05, 0.1) is 13.1 Å². The SMILES string of the molecule is CCNC(=NCc1ccon1)NCc1ncc(CC)s1. The molecule has 2 aromatic rings. The van der Waals surface area contributed by atoms with Gasteiger partial charge in [0, 0.05) is 23.7 Å². The number of rotatable bonds is 6. The van der Waals surface area contributed by atoms with Gasteiger partial charge in [0.15, 0.2) is 5.96 Å². The minimum atomic E-state index is 0.490. The molecule has 7 heteroatoms. The highest BCUT2D eigenvalue weighted by Gasteiger charge is 2.03. The van der Waals surface area contributed by atoms with E-state index in [1.807, 2.05) is 13.1 Å². The van der Waals surface area contributed by atoms with Gasteiger partial charge in [-0.25, -0.2) is 9.98 Å². The van der Waals surface area contributed by atoms with Crippen LogP contribution in [-0.4, -0.2) is 22.6 Å². The summed E-state index contributed by atoms with van der Waals surface area (Å²) in [5, 5.41) is 11.4. The lowest BCUT2D eigenvalue weighted by atomic mass is 10.4. The van der Waals surface area contributed by atoms with Gasteiger partial charge in [0.1, 0.15) is 17.0 Å². The molecule has 0 radical (unpaired) electrons. The van der Waals surface area contributed by atoms with E-state index < -0.39 is 0 Å². The van der Waals surface area contributed by atoms with Crippen molar-refractivity contribution in [3.05, 3.63) is 34.1 Å². The number of thiazole rings is 1. The molecule has 2 heterocycles. The van der Waals surface area contributed by atoms with Crippen molar-refractivity contribution in [2.45, 2.75) is 33.4 Å². The van der Waals surface area contributed by atoms with Crippen LogP contribution in [0.1, 0.15) is 29.4 Å². The second kappa shape index (κ2) is 7.64. The summed E-state index contributed by atoms with van der Waals surface area (Å²) < 4.78 is 4.78. The Labute approximate surface area is 122 Å². The van der Waals surface area contributed by atoms with Crippen molar-refractivity contribution in [3.63, 3.8) is 0 Å². The van der Waals surface area contributed by atoms with Crippen molar-refractivity contribution in [2.75, 3.05) is 6.54 Å². The highest BCUT2D eigenvalue weighted by molar-refractivity contribution is 7.11. The predicted octanol–water partition coefficient (Wildman–Crippen LogP) is 1.95. The number of nitrogens with one attached hydrogen (secondary N) is 2. The fourth-order valence-electron chi connectivity index (χ4n) is 1.57. The Morgan fingerprint density at radius 3 is 2.95 bits per heavy atom. The summed E-state index contributed by atoms with van der Waals surface area (Å²) in [5.74, 6) is 0.753. The average Bonchev–Trinajstić information content (AvgIpc) is 3.13. The monoisotopic (exact) mass is 293 g/mol. The summed E-state index contributed by atoms with van der Waals surface area (Å²) in [6, 6.07) is 1.81. The van der Waals surface area contributed by atoms with Gasteiger partial charge < -0.3 is 15.2 Å². The zero-order valence-electron chi connectivity index (χ0n) is 11.7. The van der Waals surface area contributed by atoms with Gasteiger partial charge in [-0.3, -0.25) is 0 Å². The van der Waals surface area contributed by atoms with Gasteiger partial charge in [-0.05, 0) is 13.3 Å². The first-order valence-corrected chi connectivity index (χ1v) is 7.48. The lowest BCUT2D eigenvalue weighted by Gasteiger charge is -2.09. The van der Waals surface area contributed by atoms with Gasteiger partial charge in [-0.2, -0.15) is 0 Å². The van der Waals surface area contributed by atoms with E-state index in [-0.39, 0.29) is 0 Å². The zero-order chi connectivity index (χ0) is 14.2. The Kier molecular flexibility index (Phi) is 5.55. The van der Waals surface area contributed by atoms with Crippen LogP contribution in [0.15, 0.2) is 28.0 Å². The van der Waals surface area contributed by atoms with Crippen LogP contribution in [0.3, 0.4) is 0 Å². The van der Waals surface area contributed by atoms with E-state index in [0.717, 1.165) is 29.6 Å². The molecule has 0 bridgehead atoms. The second-order valence-corrected chi connectivity index (χ2v) is 5.31. The van der Waals surface area contributed by atoms with Crippen molar-refractivity contribution in [1.29, 1.82) is 0 Å². The van der Waals surface area contributed by atoms with Crippen LogP contribution in [-0.2, 0) is 19.5 Å². The molecule has 0 saturated carbocycles. The van der Waals surface area contributed by atoms with Crippen molar-refractivity contribution < 1.29 is 4.52 Å². The molecule has 0 saturated heterocycles. The van der Waals surface area contributed by atoms with Crippen LogP contribution >= 0.6 is 11.3 Å². The molecule has 20 heavy (non-hydrogen) atoms. The first-order valence-electron chi connectivity index (χ1n) is 6.66. The number of guanidine groups is 1. The summed E-state index contributed by atoms with van der Waals surface area (Å²) in [4.78, 5) is 10.1. The lowest BCUT2D eigenvalue weighted by molar-refractivity contribution is 0.412. The van der Waals surface area contributed by atoms with Crippen molar-refractivity contribution >= 4 is 17.3 Å². The summed E-state index contributed by atoms with van der Waals surface area (Å²) in [7, 11) is 0. The molecular formula is C13H19N5OS. The van der Waals surface area contributed by atoms with Gasteiger partial charge in [-0.15, -0.1) is 11.3 Å². The van der Waals surface area contributed by atoms with E-state index in [1.54, 1.807) is 23.7 Å². The molecule has 0 aromatic carbocycles. The van der Waals surface area contributed by atoms with Crippen LogP contribution < -0.4 is 10.6 Å². The van der Waals surface area contributed by atoms with E-state index in [0.29, 0.717) is 13.1 Å². The third-order valence-corrected chi connectivity index (χ3v) is 3.73. The smallest absolute Gasteiger partial charge is 0.191 e. The number of aliphatic imine (C=N–C) groups is 1. The molecule has 0 aliphatic carbocycles. The molecule has 6 nitrogen and oxygen atoms in total. The average molecular weight is 293 g/mol. The predicted molar refractivity (Wildman–Crippen MR) is 79.7 cm³/mol. The first kappa shape index (κ1) is 14.5. The topological polar surface area (TPSA) is 75.3 Å². The summed E-state index contributed by atoms with van der Waals surface area (Å²) >= 11 is 1.73. The highest BCUT2D eigenvalue weighted by Crippen LogP contribution is 2.12. The van der Waals surface area contributed by atoms with Crippen molar-refractivity contribution in [3.8, 4) is 0 Å². The molecule has 2 N–H and O–H groups in total. The largest absolute Gasteiger partial charge is 0.364 e. The fraction of sp³-hybridized carbons (Fsp3) is 0.462. The van der Waals surface area contributed by atoms with Crippen LogP contribution in [0, 0.1) is 0 Å². The van der Waals surface area contributed by atoms with Crippen LogP contribution in [0.5, 0.6) is 0 Å². The number of nitrogens with zero attached hydrogens (tertiary/aromatic N) is 3. The van der Waals surface area contributed by atoms with Crippen LogP contribution in [0.2, 0.25) is 0 Å². The van der Waals surface area contributed by atoms with Gasteiger partial charge in [0.2, 0.25) is 0 Å². The summed E-state index contributed by atoms with van der Waals surface area (Å²) in [6.45, 7) is 6.14. The number of aromatic nitrogens is 2. The minimum absolute atomic E-state index is 0.490. The normalized spacial score (nSPS) is 11.6. The zero-order valence-corrected chi connectivity index (χ0v) is 12.5. The molecule has 108 valence electrons. The Hall–Kier alpha value is -1.89. The second-order valence-electron chi connectivity index (χ2n) is 4.11. The number of hydrogen-bond donors (Lipinski definition) is 2. The quantitative estimate of drug-likeness (QED) is 0.629. The van der Waals surface area contributed by atoms with Gasteiger partial charge in [0.25, 0.3) is 0 Å². The maximum Gasteiger partial charge on any atom is 0.191 e. The fourth-order valence-corrected chi connectivity index (χ4v) is 2.38. The molecule has 2 aromatic heterocycles. The Morgan fingerprint density at radius 1 is 1.40 bits per heavy atom. The maximum absolute atomic E-state index is 4.78. The van der Waals surface area contributed by atoms with Gasteiger partial charge >= 0.3 is 0 Å². The van der Waals surface area contributed by atoms with E-state index in [1.165, 1.54) is 4.88 Å². The first-order chi connectivity index (χ1) is 9.81. The van der Waals surface area contributed by atoms with Crippen molar-refractivity contribution in [2.24, 2.45) is 4.99 Å². The Balaban J connectivity index is 1.89. The van der Waals surface area contributed by atoms with E-state index >= 15 is 0 Å². The third kappa shape index (κ3) is 4.34.